The minimum Gasteiger partial charge on any atom is -0.379 e. The number of nitrogens with zero attached hydrogens (tertiary/aromatic N) is 3. The Hall–Kier alpha value is -1.91. The van der Waals surface area contributed by atoms with Crippen molar-refractivity contribution >= 4 is 34.9 Å². The molecule has 3 aliphatic heterocycles. The van der Waals surface area contributed by atoms with Crippen molar-refractivity contribution in [1.29, 1.82) is 0 Å². The molecule has 0 spiro atoms. The van der Waals surface area contributed by atoms with Crippen LogP contribution in [0.5, 0.6) is 0 Å². The van der Waals surface area contributed by atoms with E-state index in [4.69, 9.17) is 16.3 Å². The van der Waals surface area contributed by atoms with Gasteiger partial charge in [-0.3, -0.25) is 0 Å². The van der Waals surface area contributed by atoms with Crippen molar-refractivity contribution in [3.63, 3.8) is 0 Å². The lowest BCUT2D eigenvalue weighted by atomic mass is 9.98. The van der Waals surface area contributed by atoms with E-state index in [2.05, 4.69) is 15.2 Å². The van der Waals surface area contributed by atoms with E-state index >= 15 is 0 Å². The van der Waals surface area contributed by atoms with Gasteiger partial charge in [-0.25, -0.2) is 13.8 Å². The van der Waals surface area contributed by atoms with E-state index in [1.807, 2.05) is 0 Å². The lowest BCUT2D eigenvalue weighted by molar-refractivity contribution is 0.106. The number of hydrogen-bond donors (Lipinski definition) is 2. The summed E-state index contributed by atoms with van der Waals surface area (Å²) in [5.41, 5.74) is 2.27. The Labute approximate surface area is 194 Å². The van der Waals surface area contributed by atoms with Gasteiger partial charge in [0.15, 0.2) is 0 Å². The van der Waals surface area contributed by atoms with Crippen molar-refractivity contribution in [3.8, 4) is 11.1 Å². The van der Waals surface area contributed by atoms with Crippen LogP contribution >= 0.6 is 23.4 Å². The van der Waals surface area contributed by atoms with Crippen LogP contribution in [-0.2, 0) is 4.74 Å². The number of hydrogen-bond acceptors (Lipinski definition) is 7. The molecule has 2 aromatic rings. The number of aliphatic hydroxyl groups is 1. The van der Waals surface area contributed by atoms with Crippen LogP contribution in [0.3, 0.4) is 0 Å². The monoisotopic (exact) mass is 480 g/mol. The molecule has 0 radical (unpaired) electrons. The number of anilines is 1. The molecule has 0 aromatic heterocycles. The normalized spacial score (nSPS) is 23.0. The first-order valence-corrected chi connectivity index (χ1v) is 11.8. The Balaban J connectivity index is 1.74. The number of rotatable bonds is 2. The van der Waals surface area contributed by atoms with Crippen molar-refractivity contribution in [2.75, 3.05) is 50.5 Å². The van der Waals surface area contributed by atoms with Crippen LogP contribution < -0.4 is 10.2 Å². The number of halogens is 3. The third kappa shape index (κ3) is 3.76. The van der Waals surface area contributed by atoms with E-state index in [0.29, 0.717) is 28.7 Å². The predicted molar refractivity (Wildman–Crippen MR) is 123 cm³/mol. The number of aliphatic hydroxyl groups excluding tert-OH is 1. The molecule has 1 saturated heterocycles. The summed E-state index contributed by atoms with van der Waals surface area (Å²) in [6.07, 6.45) is -1.27. The van der Waals surface area contributed by atoms with Gasteiger partial charge in [0.2, 0.25) is 6.35 Å². The topological polar surface area (TPSA) is 60.3 Å². The Morgan fingerprint density at radius 3 is 2.72 bits per heavy atom. The molecule has 0 saturated carbocycles. The number of amidine groups is 1. The fourth-order valence-corrected chi connectivity index (χ4v) is 6.11. The van der Waals surface area contributed by atoms with Crippen LogP contribution in [0.25, 0.3) is 11.1 Å². The predicted octanol–water partition coefficient (Wildman–Crippen LogP) is 3.15. The van der Waals surface area contributed by atoms with Crippen molar-refractivity contribution in [2.45, 2.75) is 17.4 Å². The van der Waals surface area contributed by atoms with E-state index in [-0.39, 0.29) is 11.7 Å². The van der Waals surface area contributed by atoms with Gasteiger partial charge in [-0.05, 0) is 18.2 Å². The van der Waals surface area contributed by atoms with Crippen molar-refractivity contribution in [2.24, 2.45) is 4.99 Å². The molecule has 6 nitrogen and oxygen atoms in total. The number of ether oxygens (including phenoxy) is 1. The Bertz CT molecular complexity index is 1080. The maximum atomic E-state index is 14.8. The second-order valence-electron chi connectivity index (χ2n) is 7.94. The average molecular weight is 481 g/mol. The molecule has 1 fully saturated rings. The molecule has 2 atom stereocenters. The Morgan fingerprint density at radius 1 is 1.22 bits per heavy atom. The standard InChI is InChI=1S/C22H23ClF2N4O2S/c1-31-13-10-29-19-15(21(27-22(29)30)28-6-4-26-5-7-28)9-16(23)18(20(19)32-11-13)14-3-2-12(24)8-17(14)25/h2-3,8-9,13,22,26,30H,4-7,10-11H2,1H3/t13-,22?/m0/s1. The summed E-state index contributed by atoms with van der Waals surface area (Å²) >= 11 is 8.26. The molecule has 2 aromatic carbocycles. The molecule has 170 valence electrons. The summed E-state index contributed by atoms with van der Waals surface area (Å²) in [7, 11) is 1.63. The quantitative estimate of drug-likeness (QED) is 0.688. The lowest BCUT2D eigenvalue weighted by Crippen LogP contribution is -2.51. The number of aliphatic imine (C=N–C) groups is 1. The number of thioether (sulfide) groups is 1. The third-order valence-electron chi connectivity index (χ3n) is 6.02. The number of benzene rings is 2. The number of nitrogens with one attached hydrogen (secondary N) is 1. The molecular formula is C22H23ClF2N4O2S. The van der Waals surface area contributed by atoms with Gasteiger partial charge in [-0.2, -0.15) is 0 Å². The second kappa shape index (κ2) is 8.79. The molecular weight excluding hydrogens is 458 g/mol. The van der Waals surface area contributed by atoms with Gasteiger partial charge in [-0.15, -0.1) is 11.8 Å². The van der Waals surface area contributed by atoms with Gasteiger partial charge >= 0.3 is 0 Å². The molecule has 0 bridgehead atoms. The van der Waals surface area contributed by atoms with Crippen molar-refractivity contribution < 1.29 is 18.6 Å². The van der Waals surface area contributed by atoms with Crippen LogP contribution in [0.4, 0.5) is 14.5 Å². The van der Waals surface area contributed by atoms with Crippen molar-refractivity contribution in [1.82, 2.24) is 10.2 Å². The molecule has 10 heteroatoms. The Morgan fingerprint density at radius 2 is 2.00 bits per heavy atom. The zero-order chi connectivity index (χ0) is 22.4. The number of piperazine rings is 1. The summed E-state index contributed by atoms with van der Waals surface area (Å²) in [5, 5.41) is 14.7. The highest BCUT2D eigenvalue weighted by Gasteiger charge is 2.38. The molecule has 5 rings (SSSR count). The van der Waals surface area contributed by atoms with Gasteiger partial charge in [0, 0.05) is 73.2 Å². The maximum absolute atomic E-state index is 14.8. The number of methoxy groups -OCH3 is 1. The third-order valence-corrected chi connectivity index (χ3v) is 7.54. The minimum atomic E-state index is -1.10. The van der Waals surface area contributed by atoms with E-state index in [0.717, 1.165) is 48.4 Å². The maximum Gasteiger partial charge on any atom is 0.227 e. The molecule has 3 heterocycles. The van der Waals surface area contributed by atoms with Crippen LogP contribution in [0.1, 0.15) is 5.56 Å². The second-order valence-corrected chi connectivity index (χ2v) is 9.38. The minimum absolute atomic E-state index is 0.171. The smallest absolute Gasteiger partial charge is 0.227 e. The van der Waals surface area contributed by atoms with Crippen LogP contribution in [0.2, 0.25) is 5.02 Å². The van der Waals surface area contributed by atoms with Gasteiger partial charge in [0.25, 0.3) is 0 Å². The van der Waals surface area contributed by atoms with Crippen LogP contribution in [0, 0.1) is 11.6 Å². The molecule has 3 aliphatic rings. The highest BCUT2D eigenvalue weighted by molar-refractivity contribution is 7.99. The van der Waals surface area contributed by atoms with Gasteiger partial charge in [-0.1, -0.05) is 11.6 Å². The van der Waals surface area contributed by atoms with E-state index in [1.54, 1.807) is 18.1 Å². The zero-order valence-corrected chi connectivity index (χ0v) is 19.0. The highest BCUT2D eigenvalue weighted by atomic mass is 35.5. The fourth-order valence-electron chi connectivity index (χ4n) is 4.42. The van der Waals surface area contributed by atoms with Gasteiger partial charge < -0.3 is 25.0 Å². The zero-order valence-electron chi connectivity index (χ0n) is 17.4. The average Bonchev–Trinajstić information content (AvgIpc) is 2.98. The van der Waals surface area contributed by atoms with E-state index < -0.39 is 18.0 Å². The van der Waals surface area contributed by atoms with E-state index in [9.17, 15) is 13.9 Å². The van der Waals surface area contributed by atoms with Crippen molar-refractivity contribution in [3.05, 3.63) is 46.5 Å². The Kier molecular flexibility index (Phi) is 6.02. The summed E-state index contributed by atoms with van der Waals surface area (Å²) in [5.74, 6) is -0.0692. The van der Waals surface area contributed by atoms with Gasteiger partial charge in [0.1, 0.15) is 17.5 Å². The summed E-state index contributed by atoms with van der Waals surface area (Å²) in [6, 6.07) is 5.27. The summed E-state index contributed by atoms with van der Waals surface area (Å²) in [4.78, 5) is 9.26. The summed E-state index contributed by atoms with van der Waals surface area (Å²) in [6.45, 7) is 3.55. The first kappa shape index (κ1) is 21.9. The van der Waals surface area contributed by atoms with Gasteiger partial charge in [0.05, 0.1) is 16.8 Å². The SMILES string of the molecule is CO[C@@H]1CSc2c(-c3ccc(F)cc3F)c(Cl)cc3c2N(C1)C(O)N=C3N1CCNCC1. The summed E-state index contributed by atoms with van der Waals surface area (Å²) < 4.78 is 34.0. The molecule has 32 heavy (non-hydrogen) atoms. The molecule has 0 amide bonds. The van der Waals surface area contributed by atoms with Crippen LogP contribution in [0.15, 0.2) is 34.2 Å². The molecule has 0 aliphatic carbocycles. The largest absolute Gasteiger partial charge is 0.379 e. The van der Waals surface area contributed by atoms with Crippen LogP contribution in [-0.4, -0.2) is 73.9 Å². The highest BCUT2D eigenvalue weighted by Crippen LogP contribution is 2.49. The first-order chi connectivity index (χ1) is 15.5. The first-order valence-electron chi connectivity index (χ1n) is 10.4. The molecule has 2 N–H and O–H groups in total. The van der Waals surface area contributed by atoms with E-state index in [1.165, 1.54) is 23.9 Å². The fraction of sp³-hybridized carbons (Fsp3) is 0.409. The molecule has 1 unspecified atom stereocenters. The lowest BCUT2D eigenvalue weighted by Gasteiger charge is -2.40.